The van der Waals surface area contributed by atoms with Gasteiger partial charge in [-0.3, -0.25) is 0 Å². The molecule has 0 unspecified atom stereocenters. The van der Waals surface area contributed by atoms with Crippen LogP contribution < -0.4 is 5.01 Å². The summed E-state index contributed by atoms with van der Waals surface area (Å²) in [6.07, 6.45) is 3.43. The highest BCUT2D eigenvalue weighted by Crippen LogP contribution is 2.32. The average Bonchev–Trinajstić information content (AvgIpc) is 2.92. The Bertz CT molecular complexity index is 992. The van der Waals surface area contributed by atoms with Gasteiger partial charge in [0.25, 0.3) is 0 Å². The lowest BCUT2D eigenvalue weighted by Gasteiger charge is -2.36. The minimum Gasteiger partial charge on any atom is -0.305 e. The van der Waals surface area contributed by atoms with Crippen molar-refractivity contribution in [3.05, 3.63) is 77.6 Å². The lowest BCUT2D eigenvalue weighted by molar-refractivity contribution is 0.253. The topological polar surface area (TPSA) is 30.3 Å². The fraction of sp³-hybridized carbons (Fsp3) is 0.261. The van der Waals surface area contributed by atoms with Crippen molar-refractivity contribution in [1.29, 1.82) is 5.26 Å². The predicted molar refractivity (Wildman–Crippen MR) is 107 cm³/mol. The number of rotatable bonds is 3. The molecule has 0 saturated carbocycles. The molecular weight excluding hydrogens is 337 g/mol. The SMILES string of the molecule is N#Cc1ccc(N2CCCCCN2Cc2cccc(F)c2)c2ccccc12. The van der Waals surface area contributed by atoms with Crippen LogP contribution in [0.2, 0.25) is 0 Å². The molecule has 0 spiro atoms. The summed E-state index contributed by atoms with van der Waals surface area (Å²) in [6, 6.07) is 21.2. The predicted octanol–water partition coefficient (Wildman–Crippen LogP) is 5.26. The van der Waals surface area contributed by atoms with Gasteiger partial charge >= 0.3 is 0 Å². The lowest BCUT2D eigenvalue weighted by atomic mass is 10.0. The molecule has 0 bridgehead atoms. The largest absolute Gasteiger partial charge is 0.305 e. The number of anilines is 1. The quantitative estimate of drug-likeness (QED) is 0.639. The summed E-state index contributed by atoms with van der Waals surface area (Å²) in [5.74, 6) is -0.197. The Morgan fingerprint density at radius 2 is 1.70 bits per heavy atom. The van der Waals surface area contributed by atoms with Crippen molar-refractivity contribution in [2.45, 2.75) is 25.8 Å². The molecule has 0 N–H and O–H groups in total. The molecule has 0 aromatic heterocycles. The van der Waals surface area contributed by atoms with E-state index in [4.69, 9.17) is 0 Å². The molecule has 1 fully saturated rings. The van der Waals surface area contributed by atoms with Crippen LogP contribution in [0.4, 0.5) is 10.1 Å². The maximum absolute atomic E-state index is 13.7. The van der Waals surface area contributed by atoms with Crippen LogP contribution in [0.15, 0.2) is 60.7 Å². The average molecular weight is 359 g/mol. The van der Waals surface area contributed by atoms with E-state index in [0.717, 1.165) is 48.0 Å². The summed E-state index contributed by atoms with van der Waals surface area (Å²) in [4.78, 5) is 0. The summed E-state index contributed by atoms with van der Waals surface area (Å²) in [6.45, 7) is 2.53. The van der Waals surface area contributed by atoms with Gasteiger partial charge in [-0.1, -0.05) is 42.8 Å². The third kappa shape index (κ3) is 3.65. The Morgan fingerprint density at radius 1 is 0.889 bits per heavy atom. The minimum absolute atomic E-state index is 0.197. The maximum atomic E-state index is 13.7. The molecule has 0 radical (unpaired) electrons. The molecule has 1 heterocycles. The number of hydrogen-bond donors (Lipinski definition) is 0. The highest BCUT2D eigenvalue weighted by molar-refractivity contribution is 5.97. The van der Waals surface area contributed by atoms with Crippen LogP contribution in [0.3, 0.4) is 0 Å². The number of nitriles is 1. The molecule has 1 saturated heterocycles. The Labute approximate surface area is 159 Å². The first-order valence-corrected chi connectivity index (χ1v) is 9.45. The lowest BCUT2D eigenvalue weighted by Crippen LogP contribution is -2.42. The molecule has 0 amide bonds. The van der Waals surface area contributed by atoms with Gasteiger partial charge in [0, 0.05) is 30.4 Å². The van der Waals surface area contributed by atoms with E-state index in [1.807, 2.05) is 36.4 Å². The first kappa shape index (κ1) is 17.5. The summed E-state index contributed by atoms with van der Waals surface area (Å²) in [7, 11) is 0. The van der Waals surface area contributed by atoms with E-state index in [1.54, 1.807) is 12.1 Å². The zero-order chi connectivity index (χ0) is 18.6. The molecule has 3 nitrogen and oxygen atoms in total. The highest BCUT2D eigenvalue weighted by atomic mass is 19.1. The maximum Gasteiger partial charge on any atom is 0.123 e. The Morgan fingerprint density at radius 3 is 2.52 bits per heavy atom. The van der Waals surface area contributed by atoms with Crippen LogP contribution in [0, 0.1) is 17.1 Å². The van der Waals surface area contributed by atoms with Gasteiger partial charge < -0.3 is 5.01 Å². The van der Waals surface area contributed by atoms with E-state index < -0.39 is 0 Å². The van der Waals surface area contributed by atoms with Crippen LogP contribution in [0.5, 0.6) is 0 Å². The van der Waals surface area contributed by atoms with Crippen molar-refractivity contribution in [3.8, 4) is 6.07 Å². The summed E-state index contributed by atoms with van der Waals surface area (Å²) >= 11 is 0. The van der Waals surface area contributed by atoms with E-state index >= 15 is 0 Å². The first-order valence-electron chi connectivity index (χ1n) is 9.45. The van der Waals surface area contributed by atoms with Crippen molar-refractivity contribution in [3.63, 3.8) is 0 Å². The van der Waals surface area contributed by atoms with Crippen molar-refractivity contribution in [2.24, 2.45) is 0 Å². The zero-order valence-corrected chi connectivity index (χ0v) is 15.2. The first-order chi connectivity index (χ1) is 13.3. The van der Waals surface area contributed by atoms with Crippen LogP contribution >= 0.6 is 0 Å². The van der Waals surface area contributed by atoms with Crippen molar-refractivity contribution >= 4 is 16.5 Å². The van der Waals surface area contributed by atoms with Crippen molar-refractivity contribution in [1.82, 2.24) is 5.01 Å². The van der Waals surface area contributed by atoms with Crippen LogP contribution in [-0.2, 0) is 6.54 Å². The number of hydrogen-bond acceptors (Lipinski definition) is 3. The van der Waals surface area contributed by atoms with Crippen molar-refractivity contribution < 1.29 is 4.39 Å². The molecule has 3 aromatic carbocycles. The Balaban J connectivity index is 1.75. The molecule has 3 aromatic rings. The summed E-state index contributed by atoms with van der Waals surface area (Å²) < 4.78 is 13.7. The van der Waals surface area contributed by atoms with E-state index in [-0.39, 0.29) is 5.82 Å². The number of hydrazine groups is 1. The summed E-state index contributed by atoms with van der Waals surface area (Å²) in [5.41, 5.74) is 2.78. The Hall–Kier alpha value is -2.90. The molecule has 136 valence electrons. The molecule has 27 heavy (non-hydrogen) atoms. The number of nitrogens with zero attached hydrogens (tertiary/aromatic N) is 3. The second kappa shape index (κ2) is 7.77. The van der Waals surface area contributed by atoms with Gasteiger partial charge in [-0.05, 0) is 42.7 Å². The van der Waals surface area contributed by atoms with Crippen LogP contribution in [0.1, 0.15) is 30.4 Å². The van der Waals surface area contributed by atoms with Crippen LogP contribution in [0.25, 0.3) is 10.8 Å². The second-order valence-corrected chi connectivity index (χ2v) is 6.99. The number of halogens is 1. The molecule has 1 aliphatic rings. The summed E-state index contributed by atoms with van der Waals surface area (Å²) in [5, 5.41) is 16.1. The molecular formula is C23H22FN3. The van der Waals surface area contributed by atoms with Gasteiger partial charge in [0.2, 0.25) is 0 Å². The van der Waals surface area contributed by atoms with Gasteiger partial charge in [-0.2, -0.15) is 5.26 Å². The molecule has 1 aliphatic heterocycles. The second-order valence-electron chi connectivity index (χ2n) is 6.99. The van der Waals surface area contributed by atoms with Gasteiger partial charge in [-0.15, -0.1) is 0 Å². The molecule has 0 aliphatic carbocycles. The van der Waals surface area contributed by atoms with E-state index in [2.05, 4.69) is 22.2 Å². The number of benzene rings is 3. The third-order valence-electron chi connectivity index (χ3n) is 5.18. The fourth-order valence-corrected chi connectivity index (χ4v) is 3.88. The third-order valence-corrected chi connectivity index (χ3v) is 5.18. The van der Waals surface area contributed by atoms with Gasteiger partial charge in [0.1, 0.15) is 5.82 Å². The molecule has 4 heteroatoms. The van der Waals surface area contributed by atoms with Gasteiger partial charge in [0.05, 0.1) is 17.3 Å². The zero-order valence-electron chi connectivity index (χ0n) is 15.2. The van der Waals surface area contributed by atoms with E-state index in [9.17, 15) is 9.65 Å². The number of fused-ring (bicyclic) bond motifs is 1. The van der Waals surface area contributed by atoms with Crippen molar-refractivity contribution in [2.75, 3.05) is 18.1 Å². The molecule has 0 atom stereocenters. The van der Waals surface area contributed by atoms with E-state index in [1.165, 1.54) is 12.5 Å². The normalized spacial score (nSPS) is 15.5. The Kier molecular flexibility index (Phi) is 5.04. The monoisotopic (exact) mass is 359 g/mol. The smallest absolute Gasteiger partial charge is 0.123 e. The van der Waals surface area contributed by atoms with Crippen LogP contribution in [-0.4, -0.2) is 18.1 Å². The van der Waals surface area contributed by atoms with E-state index in [0.29, 0.717) is 12.1 Å². The highest BCUT2D eigenvalue weighted by Gasteiger charge is 2.21. The fourth-order valence-electron chi connectivity index (χ4n) is 3.88. The standard InChI is InChI=1S/C23H22FN3/c24-20-8-6-7-18(15-20)17-26-13-4-1-5-14-27(26)23-12-11-19(16-25)21-9-2-3-10-22(21)23/h2-3,6-12,15H,1,4-5,13-14,17H2. The minimum atomic E-state index is -0.197. The van der Waals surface area contributed by atoms with Gasteiger partial charge in [-0.25, -0.2) is 9.40 Å². The molecule has 4 rings (SSSR count). The van der Waals surface area contributed by atoms with Gasteiger partial charge in [0.15, 0.2) is 0 Å².